The Morgan fingerprint density at radius 2 is 2.07 bits per heavy atom. The van der Waals surface area contributed by atoms with Crippen LogP contribution in [0.15, 0.2) is 18.3 Å². The van der Waals surface area contributed by atoms with Crippen LogP contribution < -0.4 is 5.32 Å². The van der Waals surface area contributed by atoms with Crippen LogP contribution in [0.1, 0.15) is 43.1 Å². The van der Waals surface area contributed by atoms with Gasteiger partial charge in [0.05, 0.1) is 5.75 Å². The Kier molecular flexibility index (Phi) is 7.54. The van der Waals surface area contributed by atoms with Crippen molar-refractivity contribution >= 4 is 22.4 Å². The van der Waals surface area contributed by atoms with Gasteiger partial charge in [-0.05, 0) is 56.7 Å². The predicted molar refractivity (Wildman–Crippen MR) is 113 cm³/mol. The van der Waals surface area contributed by atoms with Crippen LogP contribution in [-0.4, -0.2) is 84.1 Å². The van der Waals surface area contributed by atoms with Gasteiger partial charge < -0.3 is 15.4 Å². The monoisotopic (exact) mass is 440 g/mol. The highest BCUT2D eigenvalue weighted by atomic mass is 32.2. The molecule has 0 spiro atoms. The van der Waals surface area contributed by atoms with Crippen LogP contribution in [0.25, 0.3) is 0 Å². The van der Waals surface area contributed by atoms with Crippen LogP contribution in [0, 0.1) is 11.8 Å². The average Bonchev–Trinajstić information content (AvgIpc) is 3.29. The lowest BCUT2D eigenvalue weighted by Gasteiger charge is -2.56. The van der Waals surface area contributed by atoms with Gasteiger partial charge in [0.25, 0.3) is 12.4 Å². The molecule has 3 fully saturated rings. The Morgan fingerprint density at radius 1 is 1.33 bits per heavy atom. The number of amides is 1. The summed E-state index contributed by atoms with van der Waals surface area (Å²) in [6.07, 6.45) is 6.35. The fourth-order valence-corrected chi connectivity index (χ4v) is 6.52. The first-order chi connectivity index (χ1) is 14.4. The molecular weight excluding hydrogens is 408 g/mol. The maximum Gasteiger partial charge on any atom is 0.290 e. The Balaban J connectivity index is 0.000000806. The summed E-state index contributed by atoms with van der Waals surface area (Å²) < 4.78 is 26.7. The maximum absolute atomic E-state index is 12.5. The lowest BCUT2D eigenvalue weighted by atomic mass is 9.73. The van der Waals surface area contributed by atoms with Crippen molar-refractivity contribution in [2.45, 2.75) is 44.7 Å². The first-order valence-electron chi connectivity index (χ1n) is 10.6. The highest BCUT2D eigenvalue weighted by molar-refractivity contribution is 7.89. The van der Waals surface area contributed by atoms with Gasteiger partial charge >= 0.3 is 0 Å². The lowest BCUT2D eigenvalue weighted by Crippen LogP contribution is -2.66. The van der Waals surface area contributed by atoms with E-state index >= 15 is 0 Å². The minimum atomic E-state index is -3.17. The molecule has 3 aliphatic rings. The predicted octanol–water partition coefficient (Wildman–Crippen LogP) is 0.970. The Labute approximate surface area is 177 Å². The van der Waals surface area contributed by atoms with Crippen molar-refractivity contribution in [1.82, 2.24) is 19.5 Å². The number of piperidine rings is 3. The number of carboxylic acid groups (broad SMARTS) is 1. The molecule has 0 aromatic carbocycles. The number of carbonyl (C=O) groups is 2. The van der Waals surface area contributed by atoms with Crippen LogP contribution in [0.2, 0.25) is 0 Å². The smallest absolute Gasteiger partial charge is 0.290 e. The van der Waals surface area contributed by atoms with E-state index in [0.717, 1.165) is 19.4 Å². The van der Waals surface area contributed by atoms with Gasteiger partial charge in [-0.1, -0.05) is 6.42 Å². The number of nitrogens with zero attached hydrogens (tertiary/aromatic N) is 2. The summed E-state index contributed by atoms with van der Waals surface area (Å²) in [5.41, 5.74) is 0.567. The molecule has 168 valence electrons. The molecule has 0 radical (unpaired) electrons. The number of aromatic nitrogens is 1. The van der Waals surface area contributed by atoms with Gasteiger partial charge in [-0.25, -0.2) is 12.7 Å². The SMILES string of the molecule is CCS(=O)(=O)N1C[C@H]2C[C@@H](C1)[C@H](CNC(=O)c1ccc[nH]1)N1CCCC[C@@H]21.O=CO. The van der Waals surface area contributed by atoms with Gasteiger partial charge in [0.2, 0.25) is 10.0 Å². The zero-order valence-corrected chi connectivity index (χ0v) is 18.2. The Hall–Kier alpha value is -1.91. The summed E-state index contributed by atoms with van der Waals surface area (Å²) in [7, 11) is -3.17. The van der Waals surface area contributed by atoms with Crippen molar-refractivity contribution in [3.63, 3.8) is 0 Å². The number of sulfonamides is 1. The van der Waals surface area contributed by atoms with E-state index in [1.165, 1.54) is 12.8 Å². The highest BCUT2D eigenvalue weighted by Gasteiger charge is 2.48. The molecular formula is C20H32N4O5S. The molecule has 0 saturated carbocycles. The largest absolute Gasteiger partial charge is 0.483 e. The van der Waals surface area contributed by atoms with Crippen LogP contribution in [0.4, 0.5) is 0 Å². The molecule has 3 aliphatic heterocycles. The maximum atomic E-state index is 12.5. The van der Waals surface area contributed by atoms with Gasteiger partial charge in [0.15, 0.2) is 0 Å². The van der Waals surface area contributed by atoms with E-state index in [1.54, 1.807) is 23.5 Å². The second kappa shape index (κ2) is 9.93. The van der Waals surface area contributed by atoms with Gasteiger partial charge in [-0.2, -0.15) is 0 Å². The lowest BCUT2D eigenvalue weighted by molar-refractivity contribution is -0.122. The number of hydrogen-bond acceptors (Lipinski definition) is 5. The second-order valence-electron chi connectivity index (χ2n) is 8.24. The van der Waals surface area contributed by atoms with E-state index in [1.807, 2.05) is 6.07 Å². The van der Waals surface area contributed by atoms with Crippen LogP contribution in [0.3, 0.4) is 0 Å². The fraction of sp³-hybridized carbons (Fsp3) is 0.700. The third kappa shape index (κ3) is 4.87. The molecule has 1 aromatic rings. The number of hydrogen-bond donors (Lipinski definition) is 3. The summed E-state index contributed by atoms with van der Waals surface area (Å²) in [5.74, 6) is 0.767. The zero-order chi connectivity index (χ0) is 21.7. The number of H-pyrrole nitrogens is 1. The first-order valence-corrected chi connectivity index (χ1v) is 12.2. The first kappa shape index (κ1) is 22.8. The molecule has 0 unspecified atom stereocenters. The van der Waals surface area contributed by atoms with Crippen molar-refractivity contribution < 1.29 is 23.1 Å². The zero-order valence-electron chi connectivity index (χ0n) is 17.4. The Morgan fingerprint density at radius 3 is 2.73 bits per heavy atom. The molecule has 9 nitrogen and oxygen atoms in total. The summed E-state index contributed by atoms with van der Waals surface area (Å²) >= 11 is 0. The number of carbonyl (C=O) groups excluding carboxylic acids is 1. The van der Waals surface area contributed by atoms with Crippen molar-refractivity contribution in [3.05, 3.63) is 24.0 Å². The molecule has 4 rings (SSSR count). The molecule has 2 bridgehead atoms. The third-order valence-corrected chi connectivity index (χ3v) is 8.48. The highest BCUT2D eigenvalue weighted by Crippen LogP contribution is 2.41. The summed E-state index contributed by atoms with van der Waals surface area (Å²) in [6.45, 7) is 4.35. The van der Waals surface area contributed by atoms with Crippen molar-refractivity contribution in [2.24, 2.45) is 11.8 Å². The van der Waals surface area contributed by atoms with Crippen molar-refractivity contribution in [3.8, 4) is 0 Å². The Bertz CT molecular complexity index is 813. The number of aromatic amines is 1. The summed E-state index contributed by atoms with van der Waals surface area (Å²) in [5, 5.41) is 9.97. The molecule has 4 atom stereocenters. The van der Waals surface area contributed by atoms with Crippen LogP contribution in [-0.2, 0) is 14.8 Å². The van der Waals surface area contributed by atoms with Gasteiger partial charge in [-0.15, -0.1) is 0 Å². The second-order valence-corrected chi connectivity index (χ2v) is 10.5. The molecule has 4 heterocycles. The quantitative estimate of drug-likeness (QED) is 0.587. The normalized spacial score (nSPS) is 29.2. The standard InChI is InChI=1S/C19H30N4O3S.CH2O2/c1-2-27(25,26)22-12-14-10-15(13-22)18(23-9-4-3-7-17(14)23)11-21-19(24)16-6-5-8-20-16;2-1-3/h5-6,8,14-15,17-18,20H,2-4,7,9-13H2,1H3,(H,21,24);1H,(H,2,3)/t14-,15+,17+,18+;/m1./s1. The van der Waals surface area contributed by atoms with E-state index in [9.17, 15) is 13.2 Å². The number of nitrogens with one attached hydrogen (secondary N) is 2. The molecule has 3 saturated heterocycles. The van der Waals surface area contributed by atoms with Crippen molar-refractivity contribution in [2.75, 3.05) is 31.9 Å². The van der Waals surface area contributed by atoms with Gasteiger partial charge in [0.1, 0.15) is 5.69 Å². The van der Waals surface area contributed by atoms with E-state index in [2.05, 4.69) is 15.2 Å². The van der Waals surface area contributed by atoms with E-state index in [4.69, 9.17) is 9.90 Å². The molecule has 30 heavy (non-hydrogen) atoms. The van der Waals surface area contributed by atoms with Crippen molar-refractivity contribution in [1.29, 1.82) is 0 Å². The summed E-state index contributed by atoms with van der Waals surface area (Å²) in [6, 6.07) is 4.24. The molecule has 0 aliphatic carbocycles. The van der Waals surface area contributed by atoms with Gasteiger partial charge in [0, 0.05) is 37.9 Å². The van der Waals surface area contributed by atoms with Crippen LogP contribution >= 0.6 is 0 Å². The number of rotatable bonds is 5. The van der Waals surface area contributed by atoms with E-state index < -0.39 is 10.0 Å². The minimum absolute atomic E-state index is 0.0930. The van der Waals surface area contributed by atoms with E-state index in [0.29, 0.717) is 37.3 Å². The third-order valence-electron chi connectivity index (χ3n) is 6.66. The number of fused-ring (bicyclic) bond motifs is 4. The molecule has 1 amide bonds. The fourth-order valence-electron chi connectivity index (χ4n) is 5.32. The molecule has 1 aromatic heterocycles. The topological polar surface area (TPSA) is 123 Å². The van der Waals surface area contributed by atoms with E-state index in [-0.39, 0.29) is 30.1 Å². The summed E-state index contributed by atoms with van der Waals surface area (Å²) in [4.78, 5) is 26.3. The van der Waals surface area contributed by atoms with Gasteiger partial charge in [-0.3, -0.25) is 14.5 Å². The van der Waals surface area contributed by atoms with Crippen LogP contribution in [0.5, 0.6) is 0 Å². The molecule has 3 N–H and O–H groups in total. The minimum Gasteiger partial charge on any atom is -0.483 e. The molecule has 10 heteroatoms. The average molecular weight is 441 g/mol.